The number of anilines is 1. The molecular weight excluding hydrogens is 276 g/mol. The Balaban J connectivity index is 2.15. The van der Waals surface area contributed by atoms with Gasteiger partial charge in [-0.25, -0.2) is 0 Å². The Morgan fingerprint density at radius 2 is 2.00 bits per heavy atom. The van der Waals surface area contributed by atoms with E-state index in [-0.39, 0.29) is 5.54 Å². The average Bonchev–Trinajstić information content (AvgIpc) is 2.87. The van der Waals surface area contributed by atoms with Crippen LogP contribution in [0.4, 0.5) is 5.69 Å². The summed E-state index contributed by atoms with van der Waals surface area (Å²) in [6, 6.07) is 9.90. The van der Waals surface area contributed by atoms with Crippen LogP contribution in [0.1, 0.15) is 23.7 Å². The minimum absolute atomic E-state index is 0.258. The van der Waals surface area contributed by atoms with Crippen LogP contribution in [0.15, 0.2) is 42.7 Å². The summed E-state index contributed by atoms with van der Waals surface area (Å²) >= 11 is 0. The molecule has 0 saturated carbocycles. The molecule has 0 spiro atoms. The first-order valence-electron chi connectivity index (χ1n) is 7.35. The molecule has 1 aromatic carbocycles. The number of amides is 1. The molecule has 1 aromatic heterocycles. The first-order chi connectivity index (χ1) is 10.5. The maximum atomic E-state index is 11.8. The third kappa shape index (κ3) is 2.67. The molecule has 0 bridgehead atoms. The lowest BCUT2D eigenvalue weighted by Gasteiger charge is -2.25. The highest BCUT2D eigenvalue weighted by Crippen LogP contribution is 2.36. The quantitative estimate of drug-likeness (QED) is 0.904. The van der Waals surface area contributed by atoms with Crippen molar-refractivity contribution in [3.63, 3.8) is 0 Å². The molecule has 114 valence electrons. The topological polar surface area (TPSA) is 85.2 Å². The molecule has 1 aliphatic heterocycles. The van der Waals surface area contributed by atoms with Crippen molar-refractivity contribution in [2.75, 3.05) is 18.0 Å². The zero-order chi connectivity index (χ0) is 15.7. The van der Waals surface area contributed by atoms with Crippen LogP contribution in [0.25, 0.3) is 11.1 Å². The number of nitrogens with two attached hydrogens (primary N) is 2. The number of benzene rings is 1. The smallest absolute Gasteiger partial charge is 0.252 e. The van der Waals surface area contributed by atoms with Gasteiger partial charge in [-0.05, 0) is 18.9 Å². The fraction of sp³-hybridized carbons (Fsp3) is 0.294. The van der Waals surface area contributed by atoms with Crippen molar-refractivity contribution in [1.82, 2.24) is 4.98 Å². The molecule has 5 nitrogen and oxygen atoms in total. The third-order valence-electron chi connectivity index (χ3n) is 4.09. The number of hydrogen-bond acceptors (Lipinski definition) is 4. The Labute approximate surface area is 129 Å². The molecule has 2 heterocycles. The minimum Gasteiger partial charge on any atom is -0.368 e. The number of hydrogen-bond donors (Lipinski definition) is 2. The first-order valence-corrected chi connectivity index (χ1v) is 7.35. The second kappa shape index (κ2) is 5.42. The highest BCUT2D eigenvalue weighted by atomic mass is 16.1. The van der Waals surface area contributed by atoms with E-state index in [1.54, 1.807) is 6.20 Å². The van der Waals surface area contributed by atoms with Gasteiger partial charge >= 0.3 is 0 Å². The van der Waals surface area contributed by atoms with Crippen molar-refractivity contribution in [2.24, 2.45) is 11.5 Å². The van der Waals surface area contributed by atoms with Crippen LogP contribution in [0.2, 0.25) is 0 Å². The predicted octanol–water partition coefficient (Wildman–Crippen LogP) is 1.78. The van der Waals surface area contributed by atoms with E-state index in [2.05, 4.69) is 9.88 Å². The lowest BCUT2D eigenvalue weighted by molar-refractivity contribution is 0.100. The van der Waals surface area contributed by atoms with Crippen molar-refractivity contribution >= 4 is 11.6 Å². The van der Waals surface area contributed by atoms with Crippen molar-refractivity contribution in [3.8, 4) is 11.1 Å². The number of carbonyl (C=O) groups excluding carboxylic acids is 1. The lowest BCUT2D eigenvalue weighted by Crippen LogP contribution is -2.39. The molecule has 1 unspecified atom stereocenters. The summed E-state index contributed by atoms with van der Waals surface area (Å²) in [5, 5.41) is 0. The fourth-order valence-electron chi connectivity index (χ4n) is 2.98. The Morgan fingerprint density at radius 1 is 1.27 bits per heavy atom. The Bertz CT molecular complexity index is 697. The van der Waals surface area contributed by atoms with Crippen LogP contribution in [0.5, 0.6) is 0 Å². The fourth-order valence-corrected chi connectivity index (χ4v) is 2.98. The number of pyridine rings is 1. The molecule has 1 atom stereocenters. The van der Waals surface area contributed by atoms with Crippen LogP contribution in [-0.4, -0.2) is 29.5 Å². The van der Waals surface area contributed by atoms with Crippen LogP contribution in [0.3, 0.4) is 0 Å². The van der Waals surface area contributed by atoms with Crippen LogP contribution < -0.4 is 16.4 Å². The molecule has 22 heavy (non-hydrogen) atoms. The highest BCUT2D eigenvalue weighted by molar-refractivity contribution is 6.02. The normalized spacial score (nSPS) is 21.1. The molecule has 1 aliphatic rings. The van der Waals surface area contributed by atoms with E-state index in [4.69, 9.17) is 11.5 Å². The zero-order valence-electron chi connectivity index (χ0n) is 12.6. The van der Waals surface area contributed by atoms with E-state index in [1.165, 1.54) is 6.20 Å². The van der Waals surface area contributed by atoms with Crippen molar-refractivity contribution in [3.05, 3.63) is 48.3 Å². The Kier molecular flexibility index (Phi) is 3.58. The monoisotopic (exact) mass is 296 g/mol. The van der Waals surface area contributed by atoms with Gasteiger partial charge in [-0.15, -0.1) is 0 Å². The molecule has 5 heteroatoms. The van der Waals surface area contributed by atoms with Gasteiger partial charge in [0, 0.05) is 36.6 Å². The van der Waals surface area contributed by atoms with Gasteiger partial charge in [0.15, 0.2) is 0 Å². The SMILES string of the molecule is CC1(N)CCN(c2c(C(N)=O)cncc2-c2ccccc2)C1. The summed E-state index contributed by atoms with van der Waals surface area (Å²) < 4.78 is 0. The number of carbonyl (C=O) groups is 1. The molecule has 0 radical (unpaired) electrons. The maximum absolute atomic E-state index is 11.8. The van der Waals surface area contributed by atoms with E-state index in [0.717, 1.165) is 29.8 Å². The second-order valence-corrected chi connectivity index (χ2v) is 6.14. The Hall–Kier alpha value is -2.40. The summed E-state index contributed by atoms with van der Waals surface area (Å²) in [6.07, 6.45) is 4.20. The van der Waals surface area contributed by atoms with Gasteiger partial charge in [-0.1, -0.05) is 30.3 Å². The van der Waals surface area contributed by atoms with E-state index < -0.39 is 5.91 Å². The zero-order valence-corrected chi connectivity index (χ0v) is 12.6. The van der Waals surface area contributed by atoms with Crippen molar-refractivity contribution in [2.45, 2.75) is 18.9 Å². The Morgan fingerprint density at radius 3 is 2.59 bits per heavy atom. The largest absolute Gasteiger partial charge is 0.368 e. The summed E-state index contributed by atoms with van der Waals surface area (Å²) in [6.45, 7) is 3.52. The minimum atomic E-state index is -0.467. The summed E-state index contributed by atoms with van der Waals surface area (Å²) in [5.41, 5.74) is 14.8. The van der Waals surface area contributed by atoms with Gasteiger partial charge in [0.1, 0.15) is 0 Å². The van der Waals surface area contributed by atoms with Gasteiger partial charge in [0.05, 0.1) is 11.3 Å². The summed E-state index contributed by atoms with van der Waals surface area (Å²) in [4.78, 5) is 18.2. The molecule has 1 saturated heterocycles. The third-order valence-corrected chi connectivity index (χ3v) is 4.09. The van der Waals surface area contributed by atoms with E-state index in [9.17, 15) is 4.79 Å². The number of primary amides is 1. The molecule has 2 aromatic rings. The highest BCUT2D eigenvalue weighted by Gasteiger charge is 2.33. The van der Waals surface area contributed by atoms with E-state index >= 15 is 0 Å². The molecule has 1 amide bonds. The van der Waals surface area contributed by atoms with Gasteiger partial charge in [0.2, 0.25) is 0 Å². The first kappa shape index (κ1) is 14.5. The van der Waals surface area contributed by atoms with Gasteiger partial charge in [-0.3, -0.25) is 9.78 Å². The number of aromatic nitrogens is 1. The van der Waals surface area contributed by atoms with Gasteiger partial charge in [0.25, 0.3) is 5.91 Å². The molecule has 1 fully saturated rings. The molecule has 4 N–H and O–H groups in total. The van der Waals surface area contributed by atoms with Crippen LogP contribution in [0, 0.1) is 0 Å². The number of nitrogens with zero attached hydrogens (tertiary/aromatic N) is 2. The van der Waals surface area contributed by atoms with E-state index in [1.807, 2.05) is 37.3 Å². The predicted molar refractivity (Wildman–Crippen MR) is 87.6 cm³/mol. The molecule has 3 rings (SSSR count). The molecular formula is C17H20N4O. The summed E-state index contributed by atoms with van der Waals surface area (Å²) in [7, 11) is 0. The second-order valence-electron chi connectivity index (χ2n) is 6.14. The van der Waals surface area contributed by atoms with Crippen molar-refractivity contribution < 1.29 is 4.79 Å². The molecule has 0 aliphatic carbocycles. The van der Waals surface area contributed by atoms with Crippen LogP contribution in [-0.2, 0) is 0 Å². The summed E-state index contributed by atoms with van der Waals surface area (Å²) in [5.74, 6) is -0.467. The van der Waals surface area contributed by atoms with Gasteiger partial charge in [-0.2, -0.15) is 0 Å². The van der Waals surface area contributed by atoms with Crippen molar-refractivity contribution in [1.29, 1.82) is 0 Å². The number of rotatable bonds is 3. The average molecular weight is 296 g/mol. The van der Waals surface area contributed by atoms with Gasteiger partial charge < -0.3 is 16.4 Å². The lowest BCUT2D eigenvalue weighted by atomic mass is 10.0. The standard InChI is InChI=1S/C17H20N4O/c1-17(19)7-8-21(11-17)15-13(12-5-3-2-4-6-12)9-20-10-14(15)16(18)22/h2-6,9-10H,7-8,11,19H2,1H3,(H2,18,22). The maximum Gasteiger partial charge on any atom is 0.252 e. The van der Waals surface area contributed by atoms with Crippen LogP contribution >= 0.6 is 0 Å². The van der Waals surface area contributed by atoms with E-state index in [0.29, 0.717) is 12.1 Å².